The number of halogens is 2. The lowest BCUT2D eigenvalue weighted by Crippen LogP contribution is -2.13. The van der Waals surface area contributed by atoms with Gasteiger partial charge in [-0.1, -0.05) is 49.7 Å². The van der Waals surface area contributed by atoms with E-state index < -0.39 is 0 Å². The minimum absolute atomic E-state index is 0.0182. The van der Waals surface area contributed by atoms with E-state index in [4.69, 9.17) is 16.3 Å². The molecular weight excluding hydrogens is 415 g/mol. The molecule has 0 radical (unpaired) electrons. The van der Waals surface area contributed by atoms with E-state index in [1.54, 1.807) is 6.07 Å². The van der Waals surface area contributed by atoms with Crippen molar-refractivity contribution in [1.29, 1.82) is 0 Å². The van der Waals surface area contributed by atoms with Gasteiger partial charge in [-0.25, -0.2) is 4.39 Å². The van der Waals surface area contributed by atoms with Gasteiger partial charge < -0.3 is 15.4 Å². The second-order valence-electron chi connectivity index (χ2n) is 7.75. The summed E-state index contributed by atoms with van der Waals surface area (Å²) in [6.07, 6.45) is 0.499. The number of hydrogen-bond donors (Lipinski definition) is 2. The second-order valence-corrected chi connectivity index (χ2v) is 8.16. The largest absolute Gasteiger partial charge is 0.489 e. The number of amides is 1. The smallest absolute Gasteiger partial charge is 0.224 e. The van der Waals surface area contributed by atoms with Crippen LogP contribution in [0.1, 0.15) is 31.4 Å². The minimum Gasteiger partial charge on any atom is -0.489 e. The van der Waals surface area contributed by atoms with Crippen LogP contribution in [0.2, 0.25) is 5.02 Å². The van der Waals surface area contributed by atoms with Crippen molar-refractivity contribution in [3.05, 3.63) is 88.7 Å². The van der Waals surface area contributed by atoms with E-state index in [1.165, 1.54) is 12.1 Å². The van der Waals surface area contributed by atoms with Gasteiger partial charge in [0.2, 0.25) is 5.91 Å². The van der Waals surface area contributed by atoms with Gasteiger partial charge in [0.05, 0.1) is 5.02 Å². The van der Waals surface area contributed by atoms with Gasteiger partial charge in [0.15, 0.2) is 0 Å². The fourth-order valence-electron chi connectivity index (χ4n) is 3.00. The van der Waals surface area contributed by atoms with Gasteiger partial charge in [0.25, 0.3) is 0 Å². The van der Waals surface area contributed by atoms with Crippen LogP contribution in [0.25, 0.3) is 0 Å². The first-order valence-electron chi connectivity index (χ1n) is 10.2. The number of carbonyl (C=O) groups is 1. The average molecular weight is 441 g/mol. The maximum atomic E-state index is 13.1. The molecule has 6 heteroatoms. The zero-order chi connectivity index (χ0) is 22.2. The third kappa shape index (κ3) is 7.30. The third-order valence-electron chi connectivity index (χ3n) is 4.57. The van der Waals surface area contributed by atoms with Crippen LogP contribution in [0.4, 0.5) is 15.8 Å². The highest BCUT2D eigenvalue weighted by Gasteiger charge is 2.06. The number of benzene rings is 3. The van der Waals surface area contributed by atoms with E-state index in [9.17, 15) is 9.18 Å². The van der Waals surface area contributed by atoms with E-state index in [-0.39, 0.29) is 18.3 Å². The van der Waals surface area contributed by atoms with Crippen LogP contribution in [-0.4, -0.2) is 5.91 Å². The minimum atomic E-state index is -0.367. The highest BCUT2D eigenvalue weighted by Crippen LogP contribution is 2.21. The van der Waals surface area contributed by atoms with Crippen LogP contribution in [0.15, 0.2) is 66.7 Å². The monoisotopic (exact) mass is 440 g/mol. The SMILES string of the molecule is CC(C)CC(=O)Nc1cccc(NCc2ccc(OCc3ccc(F)cc3Cl)cc2)c1. The Morgan fingerprint density at radius 1 is 1.03 bits per heavy atom. The van der Waals surface area contributed by atoms with Crippen LogP contribution >= 0.6 is 11.6 Å². The Hall–Kier alpha value is -3.05. The van der Waals surface area contributed by atoms with Crippen molar-refractivity contribution < 1.29 is 13.9 Å². The van der Waals surface area contributed by atoms with Crippen molar-refractivity contribution in [1.82, 2.24) is 0 Å². The lowest BCUT2D eigenvalue weighted by molar-refractivity contribution is -0.116. The summed E-state index contributed by atoms with van der Waals surface area (Å²) in [5, 5.41) is 6.64. The van der Waals surface area contributed by atoms with Crippen molar-refractivity contribution >= 4 is 28.9 Å². The maximum Gasteiger partial charge on any atom is 0.224 e. The fraction of sp³-hybridized carbons (Fsp3) is 0.240. The van der Waals surface area contributed by atoms with Crippen molar-refractivity contribution in [2.45, 2.75) is 33.4 Å². The molecule has 4 nitrogen and oxygen atoms in total. The molecule has 3 aromatic rings. The Balaban J connectivity index is 1.51. The van der Waals surface area contributed by atoms with Gasteiger partial charge in [-0.15, -0.1) is 0 Å². The molecule has 0 saturated heterocycles. The van der Waals surface area contributed by atoms with Gasteiger partial charge in [0.1, 0.15) is 18.2 Å². The van der Waals surface area contributed by atoms with Gasteiger partial charge >= 0.3 is 0 Å². The standard InChI is InChI=1S/C25H26ClFN2O2/c1-17(2)12-25(30)29-22-5-3-4-21(14-22)28-15-18-6-10-23(11-7-18)31-16-19-8-9-20(27)13-24(19)26/h3-11,13-14,17,28H,12,15-16H2,1-2H3,(H,29,30). The van der Waals surface area contributed by atoms with Gasteiger partial charge in [-0.05, 0) is 53.9 Å². The molecule has 0 aliphatic rings. The van der Waals surface area contributed by atoms with Crippen LogP contribution < -0.4 is 15.4 Å². The Bertz CT molecular complexity index is 1020. The molecule has 0 unspecified atom stereocenters. The summed E-state index contributed by atoms with van der Waals surface area (Å²) >= 11 is 6.03. The molecule has 0 heterocycles. The normalized spacial score (nSPS) is 10.7. The molecule has 0 saturated carbocycles. The highest BCUT2D eigenvalue weighted by atomic mass is 35.5. The molecule has 162 valence electrons. The predicted octanol–water partition coefficient (Wildman–Crippen LogP) is 6.65. The summed E-state index contributed by atoms with van der Waals surface area (Å²) in [6, 6.07) is 19.6. The van der Waals surface area contributed by atoms with Crippen molar-refractivity contribution in [2.75, 3.05) is 10.6 Å². The summed E-state index contributed by atoms with van der Waals surface area (Å²) in [5.74, 6) is 0.679. The first-order chi connectivity index (χ1) is 14.9. The lowest BCUT2D eigenvalue weighted by atomic mass is 10.1. The second kappa shape index (κ2) is 10.8. The number of ether oxygens (including phenoxy) is 1. The number of carbonyl (C=O) groups excluding carboxylic acids is 1. The molecule has 0 fully saturated rings. The lowest BCUT2D eigenvalue weighted by Gasteiger charge is -2.11. The van der Waals surface area contributed by atoms with E-state index in [0.717, 1.165) is 22.5 Å². The highest BCUT2D eigenvalue weighted by molar-refractivity contribution is 6.31. The predicted molar refractivity (Wildman–Crippen MR) is 124 cm³/mol. The zero-order valence-corrected chi connectivity index (χ0v) is 18.4. The van der Waals surface area contributed by atoms with Crippen LogP contribution in [0.5, 0.6) is 5.75 Å². The molecule has 2 N–H and O–H groups in total. The Kier molecular flexibility index (Phi) is 7.90. The van der Waals surface area contributed by atoms with Gasteiger partial charge in [-0.2, -0.15) is 0 Å². The Labute approximate surface area is 187 Å². The molecule has 0 bridgehead atoms. The zero-order valence-electron chi connectivity index (χ0n) is 17.6. The molecule has 1 amide bonds. The summed E-state index contributed by atoms with van der Waals surface area (Å²) in [5.41, 5.74) is 3.52. The van der Waals surface area contributed by atoms with Crippen molar-refractivity contribution in [3.63, 3.8) is 0 Å². The molecule has 0 aromatic heterocycles. The van der Waals surface area contributed by atoms with Crippen molar-refractivity contribution in [2.24, 2.45) is 5.92 Å². The Morgan fingerprint density at radius 3 is 2.48 bits per heavy atom. The molecule has 0 aliphatic heterocycles. The molecular formula is C25H26ClFN2O2. The molecule has 3 rings (SSSR count). The topological polar surface area (TPSA) is 50.4 Å². The van der Waals surface area contributed by atoms with E-state index in [1.807, 2.05) is 62.4 Å². The maximum absolute atomic E-state index is 13.1. The summed E-state index contributed by atoms with van der Waals surface area (Å²) in [7, 11) is 0. The number of rotatable bonds is 9. The molecule has 0 spiro atoms. The summed E-state index contributed by atoms with van der Waals surface area (Å²) in [4.78, 5) is 12.0. The molecule has 0 aliphatic carbocycles. The number of nitrogens with one attached hydrogen (secondary N) is 2. The van der Waals surface area contributed by atoms with E-state index in [2.05, 4.69) is 10.6 Å². The number of hydrogen-bond acceptors (Lipinski definition) is 3. The molecule has 3 aromatic carbocycles. The first-order valence-corrected chi connectivity index (χ1v) is 10.6. The van der Waals surface area contributed by atoms with Gasteiger partial charge in [0, 0.05) is 29.9 Å². The Morgan fingerprint density at radius 2 is 1.77 bits per heavy atom. The molecule has 0 atom stereocenters. The third-order valence-corrected chi connectivity index (χ3v) is 4.92. The van der Waals surface area contributed by atoms with E-state index >= 15 is 0 Å². The number of anilines is 2. The van der Waals surface area contributed by atoms with E-state index in [0.29, 0.717) is 29.7 Å². The quantitative estimate of drug-likeness (QED) is 0.391. The average Bonchev–Trinajstić information content (AvgIpc) is 2.72. The van der Waals surface area contributed by atoms with Crippen LogP contribution in [-0.2, 0) is 17.9 Å². The van der Waals surface area contributed by atoms with Crippen molar-refractivity contribution in [3.8, 4) is 5.75 Å². The molecule has 31 heavy (non-hydrogen) atoms. The first kappa shape index (κ1) is 22.6. The van der Waals surface area contributed by atoms with Crippen LogP contribution in [0, 0.1) is 11.7 Å². The fourth-order valence-corrected chi connectivity index (χ4v) is 3.22. The van der Waals surface area contributed by atoms with Crippen LogP contribution in [0.3, 0.4) is 0 Å². The summed E-state index contributed by atoms with van der Waals surface area (Å²) < 4.78 is 18.9. The van der Waals surface area contributed by atoms with Gasteiger partial charge in [-0.3, -0.25) is 4.79 Å². The summed E-state index contributed by atoms with van der Waals surface area (Å²) in [6.45, 7) is 4.94.